The molecule has 0 fully saturated rings. The third-order valence-electron chi connectivity index (χ3n) is 3.18. The number of carbonyl (C=O) groups is 1. The van der Waals surface area contributed by atoms with Gasteiger partial charge in [-0.2, -0.15) is 11.8 Å². The molecule has 0 bridgehead atoms. The maximum atomic E-state index is 12.2. The van der Waals surface area contributed by atoms with Crippen molar-refractivity contribution in [1.82, 2.24) is 4.98 Å². The molecule has 1 unspecified atom stereocenters. The minimum atomic E-state index is -0.294. The fourth-order valence-corrected chi connectivity index (χ4v) is 2.66. The summed E-state index contributed by atoms with van der Waals surface area (Å²) < 4.78 is 5.32. The van der Waals surface area contributed by atoms with Crippen LogP contribution in [-0.4, -0.2) is 22.9 Å². The van der Waals surface area contributed by atoms with Gasteiger partial charge < -0.3 is 15.5 Å². The second-order valence-electron chi connectivity index (χ2n) is 5.29. The first-order chi connectivity index (χ1) is 10.5. The number of amides is 1. The highest BCUT2D eigenvalue weighted by atomic mass is 32.2. The zero-order valence-corrected chi connectivity index (χ0v) is 13.9. The molecular formula is C16H21N3O2S. The van der Waals surface area contributed by atoms with Crippen LogP contribution in [0.5, 0.6) is 0 Å². The van der Waals surface area contributed by atoms with Gasteiger partial charge in [0.15, 0.2) is 5.69 Å². The molecule has 2 rings (SSSR count). The quantitative estimate of drug-likeness (QED) is 0.854. The van der Waals surface area contributed by atoms with Crippen LogP contribution < -0.4 is 11.1 Å². The number of anilines is 1. The number of aryl methyl sites for hydroxylation is 2. The van der Waals surface area contributed by atoms with Crippen molar-refractivity contribution in [3.63, 3.8) is 0 Å². The molecule has 1 heterocycles. The molecule has 0 saturated heterocycles. The van der Waals surface area contributed by atoms with Crippen molar-refractivity contribution in [2.24, 2.45) is 5.73 Å². The number of aromatic nitrogens is 1. The summed E-state index contributed by atoms with van der Waals surface area (Å²) in [6.07, 6.45) is 4.14. The van der Waals surface area contributed by atoms with Crippen LogP contribution >= 0.6 is 11.8 Å². The van der Waals surface area contributed by atoms with Crippen LogP contribution in [0.3, 0.4) is 0 Å². The molecule has 118 valence electrons. The van der Waals surface area contributed by atoms with Gasteiger partial charge in [-0.1, -0.05) is 6.07 Å². The summed E-state index contributed by atoms with van der Waals surface area (Å²) in [7, 11) is 0. The average Bonchev–Trinajstić information content (AvgIpc) is 2.93. The van der Waals surface area contributed by atoms with Gasteiger partial charge in [-0.25, -0.2) is 4.98 Å². The predicted molar refractivity (Wildman–Crippen MR) is 90.3 cm³/mol. The van der Waals surface area contributed by atoms with Gasteiger partial charge in [0, 0.05) is 5.69 Å². The number of hydrogen-bond acceptors (Lipinski definition) is 5. The standard InChI is InChI=1S/C16H21N3O2S/c1-10-6-11(2)8-12(7-10)18-15(20)14-9-21-16(19-14)13(17)4-5-22-3/h6-9,13H,4-5,17H2,1-3H3,(H,18,20). The second-order valence-corrected chi connectivity index (χ2v) is 6.28. The lowest BCUT2D eigenvalue weighted by Gasteiger charge is -2.06. The molecule has 1 amide bonds. The molecule has 0 spiro atoms. The first-order valence-electron chi connectivity index (χ1n) is 7.09. The Morgan fingerprint density at radius 3 is 2.68 bits per heavy atom. The number of hydrogen-bond donors (Lipinski definition) is 2. The molecule has 1 aromatic heterocycles. The smallest absolute Gasteiger partial charge is 0.277 e. The van der Waals surface area contributed by atoms with E-state index < -0.39 is 0 Å². The Balaban J connectivity index is 2.05. The van der Waals surface area contributed by atoms with Gasteiger partial charge in [0.05, 0.1) is 6.04 Å². The van der Waals surface area contributed by atoms with Crippen LogP contribution in [0.15, 0.2) is 28.9 Å². The lowest BCUT2D eigenvalue weighted by molar-refractivity contribution is 0.102. The average molecular weight is 319 g/mol. The molecule has 6 heteroatoms. The Hall–Kier alpha value is -1.79. The molecule has 2 aromatic rings. The minimum absolute atomic E-state index is 0.244. The number of thioether (sulfide) groups is 1. The van der Waals surface area contributed by atoms with Crippen molar-refractivity contribution in [2.45, 2.75) is 26.3 Å². The number of rotatable bonds is 6. The van der Waals surface area contributed by atoms with E-state index in [4.69, 9.17) is 10.2 Å². The van der Waals surface area contributed by atoms with E-state index in [1.54, 1.807) is 11.8 Å². The Morgan fingerprint density at radius 2 is 2.05 bits per heavy atom. The van der Waals surface area contributed by atoms with Gasteiger partial charge >= 0.3 is 0 Å². The lowest BCUT2D eigenvalue weighted by Crippen LogP contribution is -2.15. The Labute approximate surface area is 134 Å². The van der Waals surface area contributed by atoms with E-state index >= 15 is 0 Å². The van der Waals surface area contributed by atoms with Crippen molar-refractivity contribution in [3.8, 4) is 0 Å². The molecule has 0 aliphatic carbocycles. The van der Waals surface area contributed by atoms with E-state index in [9.17, 15) is 4.79 Å². The molecule has 5 nitrogen and oxygen atoms in total. The first kappa shape index (κ1) is 16.6. The molecule has 0 radical (unpaired) electrons. The number of nitrogens with zero attached hydrogens (tertiary/aromatic N) is 1. The fraction of sp³-hybridized carbons (Fsp3) is 0.375. The third-order valence-corrected chi connectivity index (χ3v) is 3.83. The highest BCUT2D eigenvalue weighted by Crippen LogP contribution is 2.18. The van der Waals surface area contributed by atoms with Crippen LogP contribution in [0, 0.1) is 13.8 Å². The highest BCUT2D eigenvalue weighted by Gasteiger charge is 2.17. The van der Waals surface area contributed by atoms with Crippen LogP contribution in [0.4, 0.5) is 5.69 Å². The van der Waals surface area contributed by atoms with Crippen molar-refractivity contribution < 1.29 is 9.21 Å². The molecule has 0 aliphatic rings. The third kappa shape index (κ3) is 4.35. The van der Waals surface area contributed by atoms with Gasteiger partial charge in [-0.15, -0.1) is 0 Å². The van der Waals surface area contributed by atoms with Gasteiger partial charge in [0.2, 0.25) is 5.89 Å². The first-order valence-corrected chi connectivity index (χ1v) is 8.48. The lowest BCUT2D eigenvalue weighted by atomic mass is 10.1. The van der Waals surface area contributed by atoms with E-state index in [2.05, 4.69) is 16.4 Å². The number of oxazole rings is 1. The summed E-state index contributed by atoms with van der Waals surface area (Å²) in [6, 6.07) is 5.59. The number of carbonyl (C=O) groups excluding carboxylic acids is 1. The Bertz CT molecular complexity index is 634. The summed E-state index contributed by atoms with van der Waals surface area (Å²) in [5, 5.41) is 2.83. The van der Waals surface area contributed by atoms with Gasteiger partial charge in [0.1, 0.15) is 6.26 Å². The normalized spacial score (nSPS) is 12.2. The Morgan fingerprint density at radius 1 is 1.36 bits per heavy atom. The fourth-order valence-electron chi connectivity index (χ4n) is 2.17. The highest BCUT2D eigenvalue weighted by molar-refractivity contribution is 7.98. The monoisotopic (exact) mass is 319 g/mol. The summed E-state index contributed by atoms with van der Waals surface area (Å²) in [4.78, 5) is 16.4. The predicted octanol–water partition coefficient (Wildman–Crippen LogP) is 3.30. The van der Waals surface area contributed by atoms with Gasteiger partial charge in [-0.05, 0) is 55.5 Å². The van der Waals surface area contributed by atoms with Crippen molar-refractivity contribution in [3.05, 3.63) is 47.2 Å². The molecule has 22 heavy (non-hydrogen) atoms. The van der Waals surface area contributed by atoms with E-state index in [-0.39, 0.29) is 17.6 Å². The summed E-state index contributed by atoms with van der Waals surface area (Å²) in [5.74, 6) is 1.03. The molecule has 0 aliphatic heterocycles. The molecule has 0 saturated carbocycles. The van der Waals surface area contributed by atoms with Crippen molar-refractivity contribution in [1.29, 1.82) is 0 Å². The second kappa shape index (κ2) is 7.47. The van der Waals surface area contributed by atoms with E-state index in [0.29, 0.717) is 5.89 Å². The molecule has 1 atom stereocenters. The summed E-state index contributed by atoms with van der Waals surface area (Å²) in [6.45, 7) is 3.98. The number of benzene rings is 1. The topological polar surface area (TPSA) is 81.1 Å². The van der Waals surface area contributed by atoms with Crippen molar-refractivity contribution >= 4 is 23.4 Å². The van der Waals surface area contributed by atoms with Crippen LogP contribution in [-0.2, 0) is 0 Å². The van der Waals surface area contributed by atoms with Crippen molar-refractivity contribution in [2.75, 3.05) is 17.3 Å². The summed E-state index contributed by atoms with van der Waals surface area (Å²) in [5.41, 5.74) is 9.16. The van der Waals surface area contributed by atoms with Crippen LogP contribution in [0.25, 0.3) is 0 Å². The van der Waals surface area contributed by atoms with E-state index in [1.807, 2.05) is 32.2 Å². The van der Waals surface area contributed by atoms with Crippen LogP contribution in [0.2, 0.25) is 0 Å². The minimum Gasteiger partial charge on any atom is -0.446 e. The largest absolute Gasteiger partial charge is 0.446 e. The SMILES string of the molecule is CSCCC(N)c1nc(C(=O)Nc2cc(C)cc(C)c2)co1. The van der Waals surface area contributed by atoms with Crippen LogP contribution in [0.1, 0.15) is 40.0 Å². The molecule has 1 aromatic carbocycles. The van der Waals surface area contributed by atoms with E-state index in [0.717, 1.165) is 29.0 Å². The molecule has 3 N–H and O–H groups in total. The zero-order chi connectivity index (χ0) is 16.1. The summed E-state index contributed by atoms with van der Waals surface area (Å²) >= 11 is 1.71. The number of nitrogens with one attached hydrogen (secondary N) is 1. The van der Waals surface area contributed by atoms with Gasteiger partial charge in [0.25, 0.3) is 5.91 Å². The zero-order valence-electron chi connectivity index (χ0n) is 13.1. The Kier molecular flexibility index (Phi) is 5.63. The van der Waals surface area contributed by atoms with Gasteiger partial charge in [-0.3, -0.25) is 4.79 Å². The maximum Gasteiger partial charge on any atom is 0.277 e. The molecular weight excluding hydrogens is 298 g/mol. The number of nitrogens with two attached hydrogens (primary N) is 1. The van der Waals surface area contributed by atoms with E-state index in [1.165, 1.54) is 6.26 Å². The maximum absolute atomic E-state index is 12.2.